The summed E-state index contributed by atoms with van der Waals surface area (Å²) in [5.74, 6) is 0. The predicted octanol–water partition coefficient (Wildman–Crippen LogP) is -0.663. The van der Waals surface area contributed by atoms with E-state index in [1.807, 2.05) is 5.59 Å². The van der Waals surface area contributed by atoms with Crippen LogP contribution in [0.2, 0.25) is 0 Å². The summed E-state index contributed by atoms with van der Waals surface area (Å²) in [5, 5.41) is 19.0. The minimum atomic E-state index is -0.279. The van der Waals surface area contributed by atoms with E-state index in [2.05, 4.69) is 0 Å². The second-order valence-corrected chi connectivity index (χ2v) is 2.34. The molecule has 1 atom stereocenters. The number of hydrogen-bond donors (Lipinski definition) is 3. The Morgan fingerprint density at radius 2 is 2.33 bits per heavy atom. The number of aliphatic hydroxyl groups excluding tert-OH is 1. The van der Waals surface area contributed by atoms with Crippen LogP contribution in [0.5, 0.6) is 0 Å². The number of hydrazine groups is 1. The molecule has 9 heavy (non-hydrogen) atoms. The summed E-state index contributed by atoms with van der Waals surface area (Å²) in [6.45, 7) is 1.34. The SMILES string of the molecule is ONN1CCCC(O)C1. The normalized spacial score (nSPS) is 30.7. The maximum atomic E-state index is 9.02. The molecular formula is C5H12N2O2. The fourth-order valence-electron chi connectivity index (χ4n) is 1.05. The van der Waals surface area contributed by atoms with E-state index in [0.717, 1.165) is 19.4 Å². The standard InChI is InChI=1S/C5H12N2O2/c8-5-2-1-3-7(4-5)6-9/h5-6,8-9H,1-4H2. The molecule has 1 rings (SSSR count). The van der Waals surface area contributed by atoms with Crippen LogP contribution in [0.1, 0.15) is 12.8 Å². The van der Waals surface area contributed by atoms with E-state index >= 15 is 0 Å². The quantitative estimate of drug-likeness (QED) is 0.414. The van der Waals surface area contributed by atoms with Crippen LogP contribution in [0.4, 0.5) is 0 Å². The highest BCUT2D eigenvalue weighted by atomic mass is 16.5. The number of β-amino-alcohol motifs (C(OH)–C–C–N with tert-alkyl or cyclic N) is 1. The zero-order valence-corrected chi connectivity index (χ0v) is 5.25. The van der Waals surface area contributed by atoms with E-state index in [1.165, 1.54) is 0 Å². The molecule has 1 fully saturated rings. The van der Waals surface area contributed by atoms with Gasteiger partial charge in [-0.1, -0.05) is 0 Å². The number of hydrogen-bond acceptors (Lipinski definition) is 4. The molecule has 4 nitrogen and oxygen atoms in total. The minimum Gasteiger partial charge on any atom is -0.392 e. The maximum Gasteiger partial charge on any atom is 0.0682 e. The van der Waals surface area contributed by atoms with Crippen molar-refractivity contribution in [3.8, 4) is 0 Å². The number of nitrogens with one attached hydrogen (secondary N) is 1. The second-order valence-electron chi connectivity index (χ2n) is 2.34. The van der Waals surface area contributed by atoms with E-state index in [0.29, 0.717) is 6.54 Å². The van der Waals surface area contributed by atoms with Crippen LogP contribution in [0, 0.1) is 0 Å². The van der Waals surface area contributed by atoms with Gasteiger partial charge in [-0.3, -0.25) is 0 Å². The van der Waals surface area contributed by atoms with Crippen LogP contribution in [0.25, 0.3) is 0 Å². The van der Waals surface area contributed by atoms with E-state index in [9.17, 15) is 0 Å². The number of rotatable bonds is 1. The van der Waals surface area contributed by atoms with E-state index in [-0.39, 0.29) is 6.10 Å². The van der Waals surface area contributed by atoms with Crippen molar-refractivity contribution < 1.29 is 10.3 Å². The lowest BCUT2D eigenvalue weighted by Gasteiger charge is -2.27. The van der Waals surface area contributed by atoms with Crippen LogP contribution in [-0.2, 0) is 0 Å². The van der Waals surface area contributed by atoms with Crippen LogP contribution in [0.15, 0.2) is 0 Å². The molecule has 0 aromatic heterocycles. The first kappa shape index (κ1) is 6.95. The van der Waals surface area contributed by atoms with Gasteiger partial charge in [0.25, 0.3) is 0 Å². The highest BCUT2D eigenvalue weighted by molar-refractivity contribution is 4.66. The van der Waals surface area contributed by atoms with Crippen LogP contribution in [-0.4, -0.2) is 34.5 Å². The first-order chi connectivity index (χ1) is 4.33. The van der Waals surface area contributed by atoms with E-state index in [1.54, 1.807) is 5.01 Å². The highest BCUT2D eigenvalue weighted by Crippen LogP contribution is 2.06. The van der Waals surface area contributed by atoms with Gasteiger partial charge in [0.1, 0.15) is 0 Å². The van der Waals surface area contributed by atoms with Gasteiger partial charge >= 0.3 is 0 Å². The number of aliphatic hydroxyl groups is 1. The molecule has 0 aromatic carbocycles. The summed E-state index contributed by atoms with van der Waals surface area (Å²) in [4.78, 5) is 0. The average molecular weight is 132 g/mol. The molecule has 3 N–H and O–H groups in total. The fourth-order valence-corrected chi connectivity index (χ4v) is 1.05. The largest absolute Gasteiger partial charge is 0.392 e. The smallest absolute Gasteiger partial charge is 0.0682 e. The van der Waals surface area contributed by atoms with Gasteiger partial charge in [-0.25, -0.2) is 5.01 Å². The molecule has 54 valence electrons. The van der Waals surface area contributed by atoms with Gasteiger partial charge in [0.15, 0.2) is 0 Å². The van der Waals surface area contributed by atoms with Crippen LogP contribution in [0.3, 0.4) is 0 Å². The van der Waals surface area contributed by atoms with Gasteiger partial charge in [0.05, 0.1) is 6.10 Å². The molecule has 0 aromatic rings. The van der Waals surface area contributed by atoms with Crippen molar-refractivity contribution >= 4 is 0 Å². The molecule has 0 radical (unpaired) electrons. The van der Waals surface area contributed by atoms with Gasteiger partial charge in [0, 0.05) is 13.1 Å². The molecule has 4 heteroatoms. The second kappa shape index (κ2) is 3.12. The van der Waals surface area contributed by atoms with Gasteiger partial charge < -0.3 is 10.3 Å². The molecule has 0 amide bonds. The monoisotopic (exact) mass is 132 g/mol. The molecule has 0 spiro atoms. The van der Waals surface area contributed by atoms with Crippen LogP contribution >= 0.6 is 0 Å². The topological polar surface area (TPSA) is 55.7 Å². The Labute approximate surface area is 54.0 Å². The first-order valence-corrected chi connectivity index (χ1v) is 3.15. The van der Waals surface area contributed by atoms with Gasteiger partial charge in [0.2, 0.25) is 0 Å². The molecule has 1 aliphatic rings. The molecule has 0 bridgehead atoms. The molecule has 1 aliphatic heterocycles. The Hall–Kier alpha value is -0.160. The molecule has 1 unspecified atom stereocenters. The number of piperidine rings is 1. The average Bonchev–Trinajstić information content (AvgIpc) is 1.88. The third kappa shape index (κ3) is 1.91. The van der Waals surface area contributed by atoms with Crippen molar-refractivity contribution in [3.63, 3.8) is 0 Å². The van der Waals surface area contributed by atoms with Gasteiger partial charge in [-0.2, -0.15) is 0 Å². The molecule has 1 saturated heterocycles. The zero-order chi connectivity index (χ0) is 6.69. The van der Waals surface area contributed by atoms with Crippen molar-refractivity contribution in [2.45, 2.75) is 18.9 Å². The van der Waals surface area contributed by atoms with Gasteiger partial charge in [-0.15, -0.1) is 5.59 Å². The Kier molecular flexibility index (Phi) is 2.41. The summed E-state index contributed by atoms with van der Waals surface area (Å²) in [5.41, 5.74) is 2.01. The Morgan fingerprint density at radius 1 is 1.56 bits per heavy atom. The summed E-state index contributed by atoms with van der Waals surface area (Å²) >= 11 is 0. The fraction of sp³-hybridized carbons (Fsp3) is 1.00. The van der Waals surface area contributed by atoms with Crippen molar-refractivity contribution in [2.24, 2.45) is 0 Å². The zero-order valence-electron chi connectivity index (χ0n) is 5.25. The minimum absolute atomic E-state index is 0.279. The summed E-state index contributed by atoms with van der Waals surface area (Å²) in [7, 11) is 0. The summed E-state index contributed by atoms with van der Waals surface area (Å²) in [6, 6.07) is 0. The summed E-state index contributed by atoms with van der Waals surface area (Å²) in [6.07, 6.45) is 1.51. The first-order valence-electron chi connectivity index (χ1n) is 3.15. The van der Waals surface area contributed by atoms with Crippen molar-refractivity contribution in [1.82, 2.24) is 10.6 Å². The lowest BCUT2D eigenvalue weighted by atomic mass is 10.1. The van der Waals surface area contributed by atoms with Crippen molar-refractivity contribution in [2.75, 3.05) is 13.1 Å². The van der Waals surface area contributed by atoms with Crippen LogP contribution < -0.4 is 5.59 Å². The Bertz CT molecular complexity index is 89.0. The maximum absolute atomic E-state index is 9.02. The lowest BCUT2D eigenvalue weighted by Crippen LogP contribution is -2.45. The molecule has 1 heterocycles. The Morgan fingerprint density at radius 3 is 2.78 bits per heavy atom. The van der Waals surface area contributed by atoms with Crippen molar-refractivity contribution in [3.05, 3.63) is 0 Å². The lowest BCUT2D eigenvalue weighted by molar-refractivity contribution is -0.0625. The third-order valence-corrected chi connectivity index (χ3v) is 1.54. The van der Waals surface area contributed by atoms with E-state index in [4.69, 9.17) is 10.3 Å². The Balaban J connectivity index is 2.23. The van der Waals surface area contributed by atoms with Gasteiger partial charge in [-0.05, 0) is 12.8 Å². The molecule has 0 aliphatic carbocycles. The summed E-state index contributed by atoms with van der Waals surface area (Å²) < 4.78 is 0. The molecule has 0 saturated carbocycles. The van der Waals surface area contributed by atoms with E-state index < -0.39 is 0 Å². The van der Waals surface area contributed by atoms with Crippen molar-refractivity contribution in [1.29, 1.82) is 0 Å². The number of nitrogens with zero attached hydrogens (tertiary/aromatic N) is 1. The predicted molar refractivity (Wildman–Crippen MR) is 31.7 cm³/mol. The highest BCUT2D eigenvalue weighted by Gasteiger charge is 2.15. The third-order valence-electron chi connectivity index (χ3n) is 1.54. The molecular weight excluding hydrogens is 120 g/mol.